The standard InChI is InChI=1S/C29H41N3O5S/c1-4-6-7-11-16-28(33)30-25-17-18-26(32-19-12-15-24(21-32)29(34)37-5-2)27(20-25)38(35,36)31-22(3)23-13-9-8-10-14-23/h8-10,13-14,17-18,20,22,24,31H,4-7,11-12,15-16,19,21H2,1-3H3,(H,30,33). The highest BCUT2D eigenvalue weighted by Gasteiger charge is 2.31. The van der Waals surface area contributed by atoms with Gasteiger partial charge in [-0.3, -0.25) is 9.59 Å². The summed E-state index contributed by atoms with van der Waals surface area (Å²) in [6.45, 7) is 7.00. The van der Waals surface area contributed by atoms with Crippen molar-refractivity contribution in [3.63, 3.8) is 0 Å². The molecule has 2 aromatic carbocycles. The van der Waals surface area contributed by atoms with E-state index in [1.807, 2.05) is 35.2 Å². The number of amides is 1. The molecule has 1 aliphatic rings. The van der Waals surface area contributed by atoms with Gasteiger partial charge in [0.25, 0.3) is 0 Å². The van der Waals surface area contributed by atoms with Crippen LogP contribution in [0.2, 0.25) is 0 Å². The SMILES string of the molecule is CCCCCCC(=O)Nc1ccc(N2CCCC(C(=O)OCC)C2)c(S(=O)(=O)NC(C)c2ccccc2)c1. The van der Waals surface area contributed by atoms with Crippen LogP contribution in [-0.4, -0.2) is 40.0 Å². The van der Waals surface area contributed by atoms with Crippen molar-refractivity contribution in [1.29, 1.82) is 0 Å². The molecular formula is C29H41N3O5S. The number of hydrogen-bond acceptors (Lipinski definition) is 6. The summed E-state index contributed by atoms with van der Waals surface area (Å²) < 4.78 is 35.5. The zero-order valence-corrected chi connectivity index (χ0v) is 23.6. The molecule has 38 heavy (non-hydrogen) atoms. The number of carbonyl (C=O) groups is 2. The second-order valence-corrected chi connectivity index (χ2v) is 11.5. The molecule has 3 rings (SSSR count). The fourth-order valence-corrected chi connectivity index (χ4v) is 6.24. The van der Waals surface area contributed by atoms with Gasteiger partial charge in [-0.25, -0.2) is 13.1 Å². The van der Waals surface area contributed by atoms with Crippen molar-refractivity contribution in [2.45, 2.75) is 76.7 Å². The van der Waals surface area contributed by atoms with Gasteiger partial charge in [0.15, 0.2) is 0 Å². The summed E-state index contributed by atoms with van der Waals surface area (Å²) in [5.74, 6) is -0.717. The Balaban J connectivity index is 1.89. The lowest BCUT2D eigenvalue weighted by Crippen LogP contribution is -2.40. The van der Waals surface area contributed by atoms with Crippen molar-refractivity contribution in [2.75, 3.05) is 29.9 Å². The number of nitrogens with one attached hydrogen (secondary N) is 2. The highest BCUT2D eigenvalue weighted by atomic mass is 32.2. The van der Waals surface area contributed by atoms with Crippen molar-refractivity contribution in [1.82, 2.24) is 4.72 Å². The molecular weight excluding hydrogens is 502 g/mol. The molecule has 1 saturated heterocycles. The maximum Gasteiger partial charge on any atom is 0.310 e. The van der Waals surface area contributed by atoms with Gasteiger partial charge >= 0.3 is 5.97 Å². The molecule has 0 spiro atoms. The average molecular weight is 544 g/mol. The summed E-state index contributed by atoms with van der Waals surface area (Å²) in [4.78, 5) is 27.0. The summed E-state index contributed by atoms with van der Waals surface area (Å²) in [7, 11) is -3.98. The third kappa shape index (κ3) is 8.30. The van der Waals surface area contributed by atoms with E-state index in [0.29, 0.717) is 43.9 Å². The molecule has 0 radical (unpaired) electrons. The number of unbranched alkanes of at least 4 members (excludes halogenated alkanes) is 3. The second-order valence-electron chi connectivity index (χ2n) is 9.83. The van der Waals surface area contributed by atoms with E-state index < -0.39 is 16.1 Å². The van der Waals surface area contributed by atoms with Crippen LogP contribution in [0.4, 0.5) is 11.4 Å². The normalized spacial score (nSPS) is 16.6. The molecule has 1 aliphatic heterocycles. The lowest BCUT2D eigenvalue weighted by atomic mass is 9.97. The van der Waals surface area contributed by atoms with E-state index in [-0.39, 0.29) is 22.7 Å². The van der Waals surface area contributed by atoms with Crippen molar-refractivity contribution >= 4 is 33.3 Å². The zero-order chi connectivity index (χ0) is 27.5. The molecule has 1 heterocycles. The van der Waals surface area contributed by atoms with Crippen molar-refractivity contribution in [3.8, 4) is 0 Å². The minimum atomic E-state index is -3.98. The van der Waals surface area contributed by atoms with E-state index in [2.05, 4.69) is 17.0 Å². The van der Waals surface area contributed by atoms with Crippen LogP contribution >= 0.6 is 0 Å². The molecule has 2 N–H and O–H groups in total. The topological polar surface area (TPSA) is 105 Å². The third-order valence-corrected chi connectivity index (χ3v) is 8.37. The van der Waals surface area contributed by atoms with E-state index in [4.69, 9.17) is 4.74 Å². The van der Waals surface area contributed by atoms with E-state index in [1.165, 1.54) is 6.07 Å². The summed E-state index contributed by atoms with van der Waals surface area (Å²) in [6.07, 6.45) is 5.79. The molecule has 1 fully saturated rings. The molecule has 9 heteroatoms. The Bertz CT molecular complexity index is 1170. The number of hydrogen-bond donors (Lipinski definition) is 2. The lowest BCUT2D eigenvalue weighted by Gasteiger charge is -2.34. The summed E-state index contributed by atoms with van der Waals surface area (Å²) in [6, 6.07) is 13.9. The number of piperidine rings is 1. The van der Waals surface area contributed by atoms with Crippen molar-refractivity contribution in [3.05, 3.63) is 54.1 Å². The number of esters is 1. The van der Waals surface area contributed by atoms with Gasteiger partial charge in [-0.15, -0.1) is 0 Å². The number of sulfonamides is 1. The Hall–Kier alpha value is -2.91. The molecule has 208 valence electrons. The van der Waals surface area contributed by atoms with Crippen LogP contribution in [0.3, 0.4) is 0 Å². The van der Waals surface area contributed by atoms with Gasteiger partial charge in [-0.1, -0.05) is 56.5 Å². The van der Waals surface area contributed by atoms with Crippen LogP contribution < -0.4 is 14.9 Å². The number of rotatable bonds is 13. The van der Waals surface area contributed by atoms with Gasteiger partial charge in [-0.05, 0) is 56.9 Å². The van der Waals surface area contributed by atoms with Crippen LogP contribution in [0.25, 0.3) is 0 Å². The molecule has 2 aromatic rings. The van der Waals surface area contributed by atoms with Crippen LogP contribution in [0.15, 0.2) is 53.4 Å². The molecule has 2 unspecified atom stereocenters. The Morgan fingerprint density at radius 3 is 2.55 bits per heavy atom. The van der Waals surface area contributed by atoms with Gasteiger partial charge in [-0.2, -0.15) is 0 Å². The van der Waals surface area contributed by atoms with Crippen molar-refractivity contribution < 1.29 is 22.7 Å². The minimum Gasteiger partial charge on any atom is -0.466 e. The fourth-order valence-electron chi connectivity index (χ4n) is 4.76. The maximum atomic E-state index is 13.7. The molecule has 8 nitrogen and oxygen atoms in total. The molecule has 0 aromatic heterocycles. The van der Waals surface area contributed by atoms with Crippen LogP contribution in [0.1, 0.15) is 77.3 Å². The lowest BCUT2D eigenvalue weighted by molar-refractivity contribution is -0.148. The fraction of sp³-hybridized carbons (Fsp3) is 0.517. The van der Waals surface area contributed by atoms with Gasteiger partial charge < -0.3 is 15.0 Å². The zero-order valence-electron chi connectivity index (χ0n) is 22.7. The monoisotopic (exact) mass is 543 g/mol. The smallest absolute Gasteiger partial charge is 0.310 e. The first-order chi connectivity index (χ1) is 18.2. The summed E-state index contributed by atoms with van der Waals surface area (Å²) in [5.41, 5.74) is 1.78. The Morgan fingerprint density at radius 2 is 1.84 bits per heavy atom. The summed E-state index contributed by atoms with van der Waals surface area (Å²) in [5, 5.41) is 2.87. The minimum absolute atomic E-state index is 0.0774. The molecule has 2 atom stereocenters. The second kappa shape index (κ2) is 14.3. The largest absolute Gasteiger partial charge is 0.466 e. The van der Waals surface area contributed by atoms with E-state index >= 15 is 0 Å². The van der Waals surface area contributed by atoms with E-state index in [0.717, 1.165) is 37.7 Å². The van der Waals surface area contributed by atoms with Crippen molar-refractivity contribution in [2.24, 2.45) is 5.92 Å². The first-order valence-electron chi connectivity index (χ1n) is 13.7. The number of nitrogens with zero attached hydrogens (tertiary/aromatic N) is 1. The molecule has 1 amide bonds. The maximum absolute atomic E-state index is 13.7. The Labute approximate surface area is 227 Å². The van der Waals surface area contributed by atoms with Crippen LogP contribution in [0.5, 0.6) is 0 Å². The third-order valence-electron chi connectivity index (χ3n) is 6.80. The predicted molar refractivity (Wildman–Crippen MR) is 151 cm³/mol. The van der Waals surface area contributed by atoms with Gasteiger partial charge in [0.1, 0.15) is 4.90 Å². The predicted octanol–water partition coefficient (Wildman–Crippen LogP) is 5.41. The summed E-state index contributed by atoms with van der Waals surface area (Å²) >= 11 is 0. The van der Waals surface area contributed by atoms with E-state index in [1.54, 1.807) is 26.0 Å². The van der Waals surface area contributed by atoms with Crippen LogP contribution in [0, 0.1) is 5.92 Å². The Kier molecular flexibility index (Phi) is 11.2. The molecule has 0 bridgehead atoms. The highest BCUT2D eigenvalue weighted by Crippen LogP contribution is 2.33. The van der Waals surface area contributed by atoms with E-state index in [9.17, 15) is 18.0 Å². The quantitative estimate of drug-likeness (QED) is 0.258. The highest BCUT2D eigenvalue weighted by molar-refractivity contribution is 7.89. The van der Waals surface area contributed by atoms with Gasteiger partial charge in [0.05, 0.1) is 18.2 Å². The Morgan fingerprint density at radius 1 is 1.08 bits per heavy atom. The first kappa shape index (κ1) is 29.6. The van der Waals surface area contributed by atoms with Gasteiger partial charge in [0, 0.05) is 31.2 Å². The van der Waals surface area contributed by atoms with Gasteiger partial charge in [0.2, 0.25) is 15.9 Å². The average Bonchev–Trinajstić information content (AvgIpc) is 2.91. The van der Waals surface area contributed by atoms with Crippen LogP contribution in [-0.2, 0) is 24.3 Å². The number of benzene rings is 2. The molecule has 0 aliphatic carbocycles. The number of anilines is 2. The number of ether oxygens (including phenoxy) is 1. The number of carbonyl (C=O) groups excluding carboxylic acids is 2. The molecule has 0 saturated carbocycles. The first-order valence-corrected chi connectivity index (χ1v) is 15.2.